The number of nitrogens with one attached hydrogen (secondary N) is 1. The molecule has 0 radical (unpaired) electrons. The predicted molar refractivity (Wildman–Crippen MR) is 173 cm³/mol. The van der Waals surface area contributed by atoms with Gasteiger partial charge in [0, 0.05) is 38.3 Å². The van der Waals surface area contributed by atoms with Crippen LogP contribution in [0.3, 0.4) is 0 Å². The van der Waals surface area contributed by atoms with E-state index in [2.05, 4.69) is 16.3 Å². The Balaban J connectivity index is 1.22. The lowest BCUT2D eigenvalue weighted by atomic mass is 10.0. The molecule has 1 atom stereocenters. The molecular weight excluding hydrogens is 610 g/mol. The summed E-state index contributed by atoms with van der Waals surface area (Å²) in [6.07, 6.45) is 0.910. The summed E-state index contributed by atoms with van der Waals surface area (Å²) in [7, 11) is -3.99. The summed E-state index contributed by atoms with van der Waals surface area (Å²) in [5.41, 5.74) is 4.96. The molecular formula is C34H36F2N6O3S. The molecule has 2 fully saturated rings. The summed E-state index contributed by atoms with van der Waals surface area (Å²) in [5, 5.41) is 2.91. The summed E-state index contributed by atoms with van der Waals surface area (Å²) in [4.78, 5) is 27.1. The molecule has 2 saturated heterocycles. The van der Waals surface area contributed by atoms with E-state index >= 15 is 0 Å². The zero-order valence-corrected chi connectivity index (χ0v) is 26.6. The van der Waals surface area contributed by atoms with Crippen LogP contribution in [0.2, 0.25) is 0 Å². The number of sulfonamides is 1. The maximum atomic E-state index is 14.4. The first kappa shape index (κ1) is 31.6. The fourth-order valence-electron chi connectivity index (χ4n) is 6.17. The first-order valence-corrected chi connectivity index (χ1v) is 16.8. The van der Waals surface area contributed by atoms with Gasteiger partial charge in [0.25, 0.3) is 0 Å². The van der Waals surface area contributed by atoms with Gasteiger partial charge >= 0.3 is 0 Å². The van der Waals surface area contributed by atoms with Crippen molar-refractivity contribution in [1.82, 2.24) is 19.6 Å². The van der Waals surface area contributed by atoms with E-state index in [1.165, 1.54) is 22.5 Å². The molecule has 4 aromatic rings. The number of benzene rings is 3. The average molecular weight is 647 g/mol. The fourth-order valence-corrected chi connectivity index (χ4v) is 7.83. The van der Waals surface area contributed by atoms with Crippen molar-refractivity contribution < 1.29 is 22.0 Å². The van der Waals surface area contributed by atoms with Gasteiger partial charge < -0.3 is 15.1 Å². The van der Waals surface area contributed by atoms with E-state index in [1.807, 2.05) is 43.0 Å². The standard InChI is InChI=1S/C34H36F2N6O3S/c1-23-18-24(2)20-25(19-23)30-21-27(38-34(39-30)41-16-14-40(15-17-41)31-7-4-3-6-29(31)36)22-37-33(43)32-8-5-13-42(32)46(44,45)28-11-9-26(35)10-12-28/h3-4,6-7,9-12,18-21,32H,5,8,13-17,22H2,1-2H3,(H,37,43)/t32-/m0/s1. The molecule has 3 aromatic carbocycles. The van der Waals surface area contributed by atoms with E-state index in [-0.39, 0.29) is 23.8 Å². The summed E-state index contributed by atoms with van der Waals surface area (Å²) in [6, 6.07) is 18.5. The number of carbonyl (C=O) groups excluding carboxylic acids is 1. The maximum absolute atomic E-state index is 14.4. The lowest BCUT2D eigenvalue weighted by Gasteiger charge is -2.36. The zero-order chi connectivity index (χ0) is 32.4. The molecule has 0 unspecified atom stereocenters. The number of amides is 1. The van der Waals surface area contributed by atoms with E-state index in [4.69, 9.17) is 9.97 Å². The van der Waals surface area contributed by atoms with Crippen molar-refractivity contribution in [3.05, 3.63) is 101 Å². The van der Waals surface area contributed by atoms with Crippen molar-refractivity contribution >= 4 is 27.6 Å². The van der Waals surface area contributed by atoms with Gasteiger partial charge in [0.2, 0.25) is 21.9 Å². The topological polar surface area (TPSA) is 98.7 Å². The largest absolute Gasteiger partial charge is 0.366 e. The third kappa shape index (κ3) is 6.73. The van der Waals surface area contributed by atoms with E-state index < -0.39 is 27.8 Å². The SMILES string of the molecule is Cc1cc(C)cc(-c2cc(CNC(=O)[C@@H]3CCCN3S(=O)(=O)c3ccc(F)cc3)nc(N3CCN(c4ccccc4F)CC3)n2)c1. The molecule has 0 aliphatic carbocycles. The number of carbonyl (C=O) groups is 1. The van der Waals surface area contributed by atoms with Crippen molar-refractivity contribution in [2.45, 2.75) is 44.2 Å². The van der Waals surface area contributed by atoms with Crippen LogP contribution in [0.4, 0.5) is 20.4 Å². The molecule has 2 aliphatic heterocycles. The number of para-hydroxylation sites is 1. The molecule has 0 bridgehead atoms. The minimum Gasteiger partial charge on any atom is -0.366 e. The van der Waals surface area contributed by atoms with Crippen molar-refractivity contribution in [3.8, 4) is 11.3 Å². The number of aryl methyl sites for hydroxylation is 2. The molecule has 240 valence electrons. The van der Waals surface area contributed by atoms with Crippen LogP contribution >= 0.6 is 0 Å². The van der Waals surface area contributed by atoms with Crippen LogP contribution in [0.5, 0.6) is 0 Å². The average Bonchev–Trinajstić information content (AvgIpc) is 3.55. The third-order valence-electron chi connectivity index (χ3n) is 8.41. The van der Waals surface area contributed by atoms with Crippen LogP contribution in [0.15, 0.2) is 77.7 Å². The van der Waals surface area contributed by atoms with Gasteiger partial charge in [-0.15, -0.1) is 0 Å². The van der Waals surface area contributed by atoms with E-state index in [0.29, 0.717) is 62.0 Å². The second-order valence-electron chi connectivity index (χ2n) is 11.8. The van der Waals surface area contributed by atoms with Gasteiger partial charge in [0.05, 0.1) is 28.5 Å². The Bertz CT molecular complexity index is 1830. The second kappa shape index (κ2) is 13.1. The number of nitrogens with zero attached hydrogens (tertiary/aromatic N) is 5. The molecule has 3 heterocycles. The molecule has 6 rings (SSSR count). The van der Waals surface area contributed by atoms with Gasteiger partial charge in [-0.25, -0.2) is 27.2 Å². The van der Waals surface area contributed by atoms with Crippen LogP contribution in [-0.2, 0) is 21.4 Å². The lowest BCUT2D eigenvalue weighted by Crippen LogP contribution is -2.47. The minimum atomic E-state index is -3.99. The van der Waals surface area contributed by atoms with Crippen molar-refractivity contribution in [2.24, 2.45) is 0 Å². The minimum absolute atomic E-state index is 0.0535. The van der Waals surface area contributed by atoms with Crippen molar-refractivity contribution in [2.75, 3.05) is 42.5 Å². The van der Waals surface area contributed by atoms with Crippen molar-refractivity contribution in [3.63, 3.8) is 0 Å². The molecule has 12 heteroatoms. The maximum Gasteiger partial charge on any atom is 0.243 e. The molecule has 46 heavy (non-hydrogen) atoms. The predicted octanol–water partition coefficient (Wildman–Crippen LogP) is 4.83. The molecule has 1 amide bonds. The van der Waals surface area contributed by atoms with Gasteiger partial charge in [-0.3, -0.25) is 4.79 Å². The van der Waals surface area contributed by atoms with Crippen molar-refractivity contribution in [1.29, 1.82) is 0 Å². The quantitative estimate of drug-likeness (QED) is 0.293. The Morgan fingerprint density at radius 1 is 0.870 bits per heavy atom. The summed E-state index contributed by atoms with van der Waals surface area (Å²) >= 11 is 0. The number of hydrogen-bond acceptors (Lipinski definition) is 7. The molecule has 1 aromatic heterocycles. The van der Waals surface area contributed by atoms with Crippen LogP contribution < -0.4 is 15.1 Å². The van der Waals surface area contributed by atoms with E-state index in [1.54, 1.807) is 12.1 Å². The Labute approximate surface area is 267 Å². The van der Waals surface area contributed by atoms with Gasteiger partial charge in [-0.05, 0) is 81.3 Å². The van der Waals surface area contributed by atoms with E-state index in [9.17, 15) is 22.0 Å². The molecule has 1 N–H and O–H groups in total. The lowest BCUT2D eigenvalue weighted by molar-refractivity contribution is -0.124. The molecule has 0 spiro atoms. The smallest absolute Gasteiger partial charge is 0.243 e. The summed E-state index contributed by atoms with van der Waals surface area (Å²) < 4.78 is 55.7. The highest BCUT2D eigenvalue weighted by Gasteiger charge is 2.39. The van der Waals surface area contributed by atoms with Gasteiger partial charge in [0.1, 0.15) is 17.7 Å². The van der Waals surface area contributed by atoms with Crippen LogP contribution in [0, 0.1) is 25.5 Å². The number of rotatable bonds is 8. The Morgan fingerprint density at radius 2 is 1.54 bits per heavy atom. The monoisotopic (exact) mass is 646 g/mol. The normalized spacial score (nSPS) is 17.3. The van der Waals surface area contributed by atoms with Crippen LogP contribution in [0.25, 0.3) is 11.3 Å². The van der Waals surface area contributed by atoms with Gasteiger partial charge in [-0.1, -0.05) is 29.3 Å². The number of halogens is 2. The number of aromatic nitrogens is 2. The summed E-state index contributed by atoms with van der Waals surface area (Å²) in [5.74, 6) is -0.704. The first-order valence-electron chi connectivity index (χ1n) is 15.3. The Morgan fingerprint density at radius 3 is 2.24 bits per heavy atom. The third-order valence-corrected chi connectivity index (χ3v) is 10.3. The first-order chi connectivity index (χ1) is 22.1. The molecule has 9 nitrogen and oxygen atoms in total. The summed E-state index contributed by atoms with van der Waals surface area (Å²) in [6.45, 7) is 6.65. The molecule has 2 aliphatic rings. The Hall–Kier alpha value is -4.42. The van der Waals surface area contributed by atoms with E-state index in [0.717, 1.165) is 28.8 Å². The van der Waals surface area contributed by atoms with Crippen LogP contribution in [0.1, 0.15) is 29.7 Å². The van der Waals surface area contributed by atoms with Gasteiger partial charge in [0.15, 0.2) is 0 Å². The fraction of sp³-hybridized carbons (Fsp3) is 0.324. The number of piperazine rings is 1. The highest BCUT2D eigenvalue weighted by molar-refractivity contribution is 7.89. The number of hydrogen-bond donors (Lipinski definition) is 1. The second-order valence-corrected chi connectivity index (χ2v) is 13.7. The highest BCUT2D eigenvalue weighted by Crippen LogP contribution is 2.28. The zero-order valence-electron chi connectivity index (χ0n) is 25.8. The van der Waals surface area contributed by atoms with Crippen LogP contribution in [-0.4, -0.2) is 67.4 Å². The van der Waals surface area contributed by atoms with Gasteiger partial charge in [-0.2, -0.15) is 4.31 Å². The number of anilines is 2. The highest BCUT2D eigenvalue weighted by atomic mass is 32.2. The Kier molecular flexibility index (Phi) is 9.01. The molecule has 0 saturated carbocycles.